The van der Waals surface area contributed by atoms with E-state index in [1.807, 2.05) is 6.07 Å². The lowest BCUT2D eigenvalue weighted by Gasteiger charge is -2.14. The van der Waals surface area contributed by atoms with Gasteiger partial charge in [0.25, 0.3) is 0 Å². The average Bonchev–Trinajstić information content (AvgIpc) is 2.55. The molecule has 0 radical (unpaired) electrons. The summed E-state index contributed by atoms with van der Waals surface area (Å²) in [6, 6.07) is 2.26. The Morgan fingerprint density at radius 1 is 1.25 bits per heavy atom. The maximum atomic E-state index is 5.93. The third-order valence-corrected chi connectivity index (χ3v) is 2.81. The smallest absolute Gasteiger partial charge is 0.131 e. The summed E-state index contributed by atoms with van der Waals surface area (Å²) in [6.45, 7) is 8.60. The lowest BCUT2D eigenvalue weighted by Crippen LogP contribution is -2.07. The second-order valence-corrected chi connectivity index (χ2v) is 4.97. The van der Waals surface area contributed by atoms with E-state index in [1.165, 1.54) is 0 Å². The zero-order valence-electron chi connectivity index (χ0n) is 10.0. The molecule has 0 atom stereocenters. The van der Waals surface area contributed by atoms with Crippen molar-refractivity contribution in [3.05, 3.63) is 23.2 Å². The molecule has 3 nitrogen and oxygen atoms in total. The SMILES string of the molecule is CC(C)c1nc2cnc(Cl)cc2n1C(C)C. The first-order chi connectivity index (χ1) is 7.50. The summed E-state index contributed by atoms with van der Waals surface area (Å²) in [4.78, 5) is 8.69. The molecule has 86 valence electrons. The minimum atomic E-state index is 0.376. The molecule has 0 amide bonds. The zero-order chi connectivity index (χ0) is 11.9. The Morgan fingerprint density at radius 3 is 2.50 bits per heavy atom. The number of fused-ring (bicyclic) bond motifs is 1. The van der Waals surface area contributed by atoms with Crippen molar-refractivity contribution in [3.63, 3.8) is 0 Å². The fourth-order valence-electron chi connectivity index (χ4n) is 1.94. The maximum absolute atomic E-state index is 5.93. The van der Waals surface area contributed by atoms with Crippen LogP contribution in [0.3, 0.4) is 0 Å². The molecule has 0 N–H and O–H groups in total. The molecule has 0 aliphatic carbocycles. The van der Waals surface area contributed by atoms with Crippen molar-refractivity contribution in [1.29, 1.82) is 0 Å². The van der Waals surface area contributed by atoms with E-state index in [1.54, 1.807) is 6.20 Å². The average molecular weight is 238 g/mol. The summed E-state index contributed by atoms with van der Waals surface area (Å²) in [5, 5.41) is 0.518. The van der Waals surface area contributed by atoms with Crippen molar-refractivity contribution in [2.24, 2.45) is 0 Å². The molecule has 0 aliphatic rings. The second kappa shape index (κ2) is 4.06. The molecule has 0 aliphatic heterocycles. The van der Waals surface area contributed by atoms with Crippen LogP contribution in [0.15, 0.2) is 12.3 Å². The summed E-state index contributed by atoms with van der Waals surface area (Å²) < 4.78 is 2.23. The quantitative estimate of drug-likeness (QED) is 0.744. The predicted molar refractivity (Wildman–Crippen MR) is 67.0 cm³/mol. The van der Waals surface area contributed by atoms with Crippen molar-refractivity contribution in [1.82, 2.24) is 14.5 Å². The summed E-state index contributed by atoms with van der Waals surface area (Å²) in [5.74, 6) is 1.49. The predicted octanol–water partition coefficient (Wildman–Crippen LogP) is 3.79. The van der Waals surface area contributed by atoms with Crippen molar-refractivity contribution < 1.29 is 0 Å². The number of aromatic nitrogens is 3. The third kappa shape index (κ3) is 1.80. The highest BCUT2D eigenvalue weighted by molar-refractivity contribution is 6.29. The van der Waals surface area contributed by atoms with Crippen LogP contribution in [0.2, 0.25) is 5.15 Å². The Labute approximate surface area is 100 Å². The van der Waals surface area contributed by atoms with Gasteiger partial charge in [0.2, 0.25) is 0 Å². The number of hydrogen-bond donors (Lipinski definition) is 0. The van der Waals surface area contributed by atoms with Gasteiger partial charge < -0.3 is 4.57 Å². The topological polar surface area (TPSA) is 30.7 Å². The van der Waals surface area contributed by atoms with Crippen LogP contribution in [0.25, 0.3) is 11.0 Å². The number of halogens is 1. The van der Waals surface area contributed by atoms with E-state index in [2.05, 4.69) is 42.2 Å². The Balaban J connectivity index is 2.77. The molecule has 0 saturated heterocycles. The molecule has 2 rings (SSSR count). The maximum Gasteiger partial charge on any atom is 0.131 e. The minimum absolute atomic E-state index is 0.376. The number of pyridine rings is 1. The van der Waals surface area contributed by atoms with E-state index in [0.717, 1.165) is 16.9 Å². The molecule has 2 heterocycles. The summed E-state index contributed by atoms with van der Waals surface area (Å²) in [7, 11) is 0. The Bertz CT molecular complexity index is 514. The highest BCUT2D eigenvalue weighted by Gasteiger charge is 2.16. The fourth-order valence-corrected chi connectivity index (χ4v) is 2.09. The van der Waals surface area contributed by atoms with Gasteiger partial charge in [0.1, 0.15) is 16.5 Å². The van der Waals surface area contributed by atoms with E-state index in [-0.39, 0.29) is 0 Å². The van der Waals surface area contributed by atoms with E-state index in [4.69, 9.17) is 11.6 Å². The first-order valence-electron chi connectivity index (χ1n) is 5.54. The molecule has 0 fully saturated rings. The molecule has 0 unspecified atom stereocenters. The molecule has 4 heteroatoms. The highest BCUT2D eigenvalue weighted by atomic mass is 35.5. The van der Waals surface area contributed by atoms with Crippen LogP contribution in [-0.4, -0.2) is 14.5 Å². The van der Waals surface area contributed by atoms with E-state index < -0.39 is 0 Å². The number of imidazole rings is 1. The molecule has 0 aromatic carbocycles. The van der Waals surface area contributed by atoms with Crippen LogP contribution in [0, 0.1) is 0 Å². The molecular weight excluding hydrogens is 222 g/mol. The van der Waals surface area contributed by atoms with Crippen LogP contribution in [0.5, 0.6) is 0 Å². The minimum Gasteiger partial charge on any atom is -0.325 e. The van der Waals surface area contributed by atoms with Crippen LogP contribution in [0.1, 0.15) is 45.5 Å². The Morgan fingerprint density at radius 2 is 1.94 bits per heavy atom. The Hall–Kier alpha value is -1.09. The molecule has 2 aromatic heterocycles. The molecular formula is C12H16ClN3. The second-order valence-electron chi connectivity index (χ2n) is 4.58. The van der Waals surface area contributed by atoms with Gasteiger partial charge in [-0.05, 0) is 13.8 Å². The first-order valence-corrected chi connectivity index (χ1v) is 5.92. The first kappa shape index (κ1) is 11.4. The standard InChI is InChI=1S/C12H16ClN3/c1-7(2)12-15-9-6-14-11(13)5-10(9)16(12)8(3)4/h5-8H,1-4H3. The highest BCUT2D eigenvalue weighted by Crippen LogP contribution is 2.26. The van der Waals surface area contributed by atoms with Crippen molar-refractivity contribution >= 4 is 22.6 Å². The largest absolute Gasteiger partial charge is 0.325 e. The third-order valence-electron chi connectivity index (χ3n) is 2.60. The van der Waals surface area contributed by atoms with E-state index in [9.17, 15) is 0 Å². The Kier molecular flexibility index (Phi) is 2.89. The summed E-state index contributed by atoms with van der Waals surface area (Å²) in [5.41, 5.74) is 1.99. The molecule has 0 spiro atoms. The van der Waals surface area contributed by atoms with Gasteiger partial charge in [-0.3, -0.25) is 0 Å². The number of hydrogen-bond acceptors (Lipinski definition) is 2. The lowest BCUT2D eigenvalue weighted by atomic mass is 10.2. The van der Waals surface area contributed by atoms with Gasteiger partial charge in [0, 0.05) is 18.0 Å². The van der Waals surface area contributed by atoms with Gasteiger partial charge in [-0.1, -0.05) is 25.4 Å². The van der Waals surface area contributed by atoms with E-state index in [0.29, 0.717) is 17.1 Å². The lowest BCUT2D eigenvalue weighted by molar-refractivity contribution is 0.564. The van der Waals surface area contributed by atoms with Gasteiger partial charge >= 0.3 is 0 Å². The zero-order valence-corrected chi connectivity index (χ0v) is 10.8. The van der Waals surface area contributed by atoms with Crippen LogP contribution >= 0.6 is 11.6 Å². The van der Waals surface area contributed by atoms with Gasteiger partial charge in [0.05, 0.1) is 11.7 Å². The summed E-state index contributed by atoms with van der Waals surface area (Å²) in [6.07, 6.45) is 1.74. The normalized spacial score (nSPS) is 11.9. The van der Waals surface area contributed by atoms with Crippen LogP contribution in [-0.2, 0) is 0 Å². The molecule has 16 heavy (non-hydrogen) atoms. The van der Waals surface area contributed by atoms with Gasteiger partial charge in [0.15, 0.2) is 0 Å². The fraction of sp³-hybridized carbons (Fsp3) is 0.500. The van der Waals surface area contributed by atoms with E-state index >= 15 is 0 Å². The molecule has 0 saturated carbocycles. The number of nitrogens with zero attached hydrogens (tertiary/aromatic N) is 3. The van der Waals surface area contributed by atoms with Gasteiger partial charge in [-0.25, -0.2) is 9.97 Å². The number of rotatable bonds is 2. The summed E-state index contributed by atoms with van der Waals surface area (Å²) >= 11 is 5.93. The van der Waals surface area contributed by atoms with Crippen molar-refractivity contribution in [2.45, 2.75) is 39.7 Å². The van der Waals surface area contributed by atoms with Crippen LogP contribution in [0.4, 0.5) is 0 Å². The van der Waals surface area contributed by atoms with Gasteiger partial charge in [-0.2, -0.15) is 0 Å². The van der Waals surface area contributed by atoms with Crippen LogP contribution < -0.4 is 0 Å². The van der Waals surface area contributed by atoms with Gasteiger partial charge in [-0.15, -0.1) is 0 Å². The molecule has 2 aromatic rings. The van der Waals surface area contributed by atoms with Crippen molar-refractivity contribution in [2.75, 3.05) is 0 Å². The monoisotopic (exact) mass is 237 g/mol. The van der Waals surface area contributed by atoms with Crippen molar-refractivity contribution in [3.8, 4) is 0 Å². The molecule has 0 bridgehead atoms.